The molecule has 2 aromatic heterocycles. The van der Waals surface area contributed by atoms with Crippen molar-refractivity contribution in [3.05, 3.63) is 36.5 Å². The van der Waals surface area contributed by atoms with Crippen LogP contribution in [0.4, 0.5) is 5.82 Å². The van der Waals surface area contributed by atoms with Crippen LogP contribution in [0.15, 0.2) is 31.0 Å². The van der Waals surface area contributed by atoms with Crippen LogP contribution in [-0.2, 0) is 11.3 Å². The third-order valence-electron chi connectivity index (χ3n) is 4.24. The van der Waals surface area contributed by atoms with Gasteiger partial charge in [0.05, 0.1) is 12.2 Å². The fourth-order valence-corrected chi connectivity index (χ4v) is 2.96. The third kappa shape index (κ3) is 3.88. The number of aryl methyl sites for hydroxylation is 2. The Morgan fingerprint density at radius 3 is 3.00 bits per heavy atom. The predicted molar refractivity (Wildman–Crippen MR) is 88.3 cm³/mol. The number of amides is 1. The minimum atomic E-state index is -0.0863. The first-order valence-electron chi connectivity index (χ1n) is 8.06. The molecule has 0 bridgehead atoms. The van der Waals surface area contributed by atoms with Crippen LogP contribution in [0.1, 0.15) is 12.0 Å². The lowest BCUT2D eigenvalue weighted by molar-refractivity contribution is -0.122. The summed E-state index contributed by atoms with van der Waals surface area (Å²) in [5, 5.41) is 16.8. The summed E-state index contributed by atoms with van der Waals surface area (Å²) in [5.74, 6) is 0.777. The Kier molecular flexibility index (Phi) is 5.05. The standard InChI is InChI=1S/C16H22N6O2/c1-12-6-19-22(7-12)5-3-16(24)20-14-9-21(8-13(14)10-23)15-2-4-17-11-18-15/h2,4,6-7,11,13-14,23H,3,5,8-10H2,1H3,(H,20,24)/t13-,14+/m0/s1. The Hall–Kier alpha value is -2.48. The van der Waals surface area contributed by atoms with E-state index in [1.165, 1.54) is 6.33 Å². The van der Waals surface area contributed by atoms with Gasteiger partial charge in [-0.2, -0.15) is 5.10 Å². The molecule has 2 atom stereocenters. The second-order valence-corrected chi connectivity index (χ2v) is 6.12. The number of nitrogens with zero attached hydrogens (tertiary/aromatic N) is 5. The van der Waals surface area contributed by atoms with E-state index < -0.39 is 0 Å². The second kappa shape index (κ2) is 7.39. The van der Waals surface area contributed by atoms with E-state index in [4.69, 9.17) is 0 Å². The quantitative estimate of drug-likeness (QED) is 0.773. The summed E-state index contributed by atoms with van der Waals surface area (Å²) in [6.07, 6.45) is 7.24. The molecule has 2 aromatic rings. The van der Waals surface area contributed by atoms with Crippen molar-refractivity contribution in [2.75, 3.05) is 24.6 Å². The highest BCUT2D eigenvalue weighted by molar-refractivity contribution is 5.76. The molecule has 3 rings (SSSR count). The van der Waals surface area contributed by atoms with E-state index >= 15 is 0 Å². The molecule has 0 spiro atoms. The van der Waals surface area contributed by atoms with Gasteiger partial charge in [-0.1, -0.05) is 0 Å². The Morgan fingerprint density at radius 2 is 2.33 bits per heavy atom. The van der Waals surface area contributed by atoms with Crippen molar-refractivity contribution in [3.63, 3.8) is 0 Å². The van der Waals surface area contributed by atoms with Gasteiger partial charge in [-0.05, 0) is 18.6 Å². The fraction of sp³-hybridized carbons (Fsp3) is 0.500. The number of carbonyl (C=O) groups is 1. The van der Waals surface area contributed by atoms with Crippen LogP contribution < -0.4 is 10.2 Å². The molecule has 3 heterocycles. The molecule has 1 amide bonds. The molecule has 1 saturated heterocycles. The van der Waals surface area contributed by atoms with Gasteiger partial charge < -0.3 is 15.3 Å². The maximum Gasteiger partial charge on any atom is 0.222 e. The highest BCUT2D eigenvalue weighted by Crippen LogP contribution is 2.21. The number of hydrogen-bond acceptors (Lipinski definition) is 6. The molecule has 0 unspecified atom stereocenters. The molecule has 1 aliphatic heterocycles. The van der Waals surface area contributed by atoms with Gasteiger partial charge >= 0.3 is 0 Å². The van der Waals surface area contributed by atoms with Gasteiger partial charge in [-0.15, -0.1) is 0 Å². The lowest BCUT2D eigenvalue weighted by Crippen LogP contribution is -2.41. The molecule has 0 aromatic carbocycles. The lowest BCUT2D eigenvalue weighted by Gasteiger charge is -2.18. The van der Waals surface area contributed by atoms with E-state index in [0.717, 1.165) is 11.4 Å². The molecular weight excluding hydrogens is 308 g/mol. The number of nitrogens with one attached hydrogen (secondary N) is 1. The first kappa shape index (κ1) is 16.4. The van der Waals surface area contributed by atoms with E-state index in [-0.39, 0.29) is 24.5 Å². The minimum absolute atomic E-state index is 0.00383. The third-order valence-corrected chi connectivity index (χ3v) is 4.24. The van der Waals surface area contributed by atoms with Crippen LogP contribution in [0.5, 0.6) is 0 Å². The number of aliphatic hydroxyl groups is 1. The maximum absolute atomic E-state index is 12.2. The van der Waals surface area contributed by atoms with E-state index in [1.54, 1.807) is 17.1 Å². The normalized spacial score (nSPS) is 20.3. The van der Waals surface area contributed by atoms with E-state index in [0.29, 0.717) is 26.1 Å². The largest absolute Gasteiger partial charge is 0.396 e. The van der Waals surface area contributed by atoms with Crippen LogP contribution >= 0.6 is 0 Å². The van der Waals surface area contributed by atoms with Crippen LogP contribution in [-0.4, -0.2) is 56.5 Å². The Bertz CT molecular complexity index is 674. The van der Waals surface area contributed by atoms with Crippen molar-refractivity contribution in [1.82, 2.24) is 25.1 Å². The van der Waals surface area contributed by atoms with Crippen LogP contribution in [0.25, 0.3) is 0 Å². The summed E-state index contributed by atoms with van der Waals surface area (Å²) in [6.45, 7) is 3.85. The molecule has 0 aliphatic carbocycles. The van der Waals surface area contributed by atoms with Crippen LogP contribution in [0, 0.1) is 12.8 Å². The average Bonchev–Trinajstić information content (AvgIpc) is 3.20. The summed E-state index contributed by atoms with van der Waals surface area (Å²) in [5.41, 5.74) is 1.08. The molecule has 1 fully saturated rings. The molecule has 24 heavy (non-hydrogen) atoms. The number of anilines is 1. The lowest BCUT2D eigenvalue weighted by atomic mass is 10.1. The highest BCUT2D eigenvalue weighted by Gasteiger charge is 2.33. The van der Waals surface area contributed by atoms with Crippen molar-refractivity contribution in [2.45, 2.75) is 25.9 Å². The van der Waals surface area contributed by atoms with Crippen LogP contribution in [0.2, 0.25) is 0 Å². The van der Waals surface area contributed by atoms with Crippen LogP contribution in [0.3, 0.4) is 0 Å². The van der Waals surface area contributed by atoms with Gasteiger partial charge in [0.25, 0.3) is 0 Å². The predicted octanol–water partition coefficient (Wildman–Crippen LogP) is -0.0149. The number of hydrogen-bond donors (Lipinski definition) is 2. The molecule has 8 nitrogen and oxygen atoms in total. The van der Waals surface area contributed by atoms with Gasteiger partial charge in [0.15, 0.2) is 0 Å². The second-order valence-electron chi connectivity index (χ2n) is 6.12. The van der Waals surface area contributed by atoms with Crippen molar-refractivity contribution in [1.29, 1.82) is 0 Å². The van der Waals surface area contributed by atoms with E-state index in [9.17, 15) is 9.90 Å². The van der Waals surface area contributed by atoms with Crippen molar-refractivity contribution >= 4 is 11.7 Å². The zero-order valence-electron chi connectivity index (χ0n) is 13.7. The molecule has 8 heteroatoms. The highest BCUT2D eigenvalue weighted by atomic mass is 16.3. The molecular formula is C16H22N6O2. The molecule has 0 saturated carbocycles. The first-order valence-corrected chi connectivity index (χ1v) is 8.06. The Morgan fingerprint density at radius 1 is 1.46 bits per heavy atom. The van der Waals surface area contributed by atoms with Gasteiger partial charge in [-0.3, -0.25) is 9.48 Å². The van der Waals surface area contributed by atoms with Gasteiger partial charge in [-0.25, -0.2) is 9.97 Å². The number of rotatable bonds is 6. The topological polar surface area (TPSA) is 96.2 Å². The van der Waals surface area contributed by atoms with Gasteiger partial charge in [0.2, 0.25) is 5.91 Å². The summed E-state index contributed by atoms with van der Waals surface area (Å²) < 4.78 is 1.76. The summed E-state index contributed by atoms with van der Waals surface area (Å²) >= 11 is 0. The number of aromatic nitrogens is 4. The summed E-state index contributed by atoms with van der Waals surface area (Å²) in [7, 11) is 0. The minimum Gasteiger partial charge on any atom is -0.396 e. The monoisotopic (exact) mass is 330 g/mol. The van der Waals surface area contributed by atoms with Crippen molar-refractivity contribution in [3.8, 4) is 0 Å². The zero-order valence-corrected chi connectivity index (χ0v) is 13.7. The number of carbonyl (C=O) groups excluding carboxylic acids is 1. The summed E-state index contributed by atoms with van der Waals surface area (Å²) in [4.78, 5) is 22.4. The smallest absolute Gasteiger partial charge is 0.222 e. The molecule has 0 radical (unpaired) electrons. The first-order chi connectivity index (χ1) is 11.7. The Balaban J connectivity index is 1.54. The Labute approximate surface area is 140 Å². The van der Waals surface area contributed by atoms with Gasteiger partial charge in [0.1, 0.15) is 12.1 Å². The molecule has 2 N–H and O–H groups in total. The number of aliphatic hydroxyl groups excluding tert-OH is 1. The van der Waals surface area contributed by atoms with E-state index in [2.05, 4.69) is 25.3 Å². The van der Waals surface area contributed by atoms with Crippen molar-refractivity contribution in [2.24, 2.45) is 5.92 Å². The summed E-state index contributed by atoms with van der Waals surface area (Å²) in [6, 6.07) is 1.75. The zero-order chi connectivity index (χ0) is 16.9. The van der Waals surface area contributed by atoms with Crippen molar-refractivity contribution < 1.29 is 9.90 Å². The van der Waals surface area contributed by atoms with E-state index in [1.807, 2.05) is 19.2 Å². The molecule has 1 aliphatic rings. The SMILES string of the molecule is Cc1cnn(CCC(=O)N[C@@H]2CN(c3ccncn3)C[C@H]2CO)c1. The molecule has 128 valence electrons. The van der Waals surface area contributed by atoms with Gasteiger partial charge in [0, 0.05) is 51.0 Å². The fourth-order valence-electron chi connectivity index (χ4n) is 2.96. The average molecular weight is 330 g/mol. The maximum atomic E-state index is 12.2.